The van der Waals surface area contributed by atoms with E-state index in [1.807, 2.05) is 6.07 Å². The highest BCUT2D eigenvalue weighted by Gasteiger charge is 2.39. The van der Waals surface area contributed by atoms with Gasteiger partial charge in [0.15, 0.2) is 0 Å². The van der Waals surface area contributed by atoms with E-state index in [-0.39, 0.29) is 12.8 Å². The molecule has 146 valence electrons. The van der Waals surface area contributed by atoms with Gasteiger partial charge in [0.1, 0.15) is 0 Å². The number of urea groups is 1. The number of rotatable bonds is 2. The monoisotopic (exact) mass is 389 g/mol. The molecule has 0 bridgehead atoms. The Morgan fingerprint density at radius 3 is 2.75 bits per heavy atom. The lowest BCUT2D eigenvalue weighted by Crippen LogP contribution is -2.34. The van der Waals surface area contributed by atoms with E-state index in [0.29, 0.717) is 36.0 Å². The summed E-state index contributed by atoms with van der Waals surface area (Å²) in [5, 5.41) is 3.29. The number of allylic oxidation sites excluding steroid dienone is 2. The van der Waals surface area contributed by atoms with Gasteiger partial charge in [0, 0.05) is 30.2 Å². The first kappa shape index (κ1) is 18.5. The molecule has 0 unspecified atom stereocenters. The van der Waals surface area contributed by atoms with Gasteiger partial charge < -0.3 is 5.32 Å². The summed E-state index contributed by atoms with van der Waals surface area (Å²) in [4.78, 5) is 29.8. The molecule has 1 N–H and O–H groups in total. The van der Waals surface area contributed by atoms with Crippen LogP contribution in [0, 0.1) is 5.92 Å². The second-order valence-electron chi connectivity index (χ2n) is 7.03. The molecule has 1 aromatic carbocycles. The van der Waals surface area contributed by atoms with Crippen LogP contribution in [0.3, 0.4) is 0 Å². The maximum Gasteiger partial charge on any atom is 0.392 e. The topological polar surface area (TPSA) is 62.3 Å². The first-order chi connectivity index (χ1) is 13.3. The zero-order valence-corrected chi connectivity index (χ0v) is 14.9. The molecule has 0 saturated carbocycles. The van der Waals surface area contributed by atoms with Crippen LogP contribution in [0.4, 0.5) is 18.0 Å². The van der Waals surface area contributed by atoms with Gasteiger partial charge in [0.2, 0.25) is 0 Å². The molecule has 3 amide bonds. The van der Waals surface area contributed by atoms with Gasteiger partial charge in [0.05, 0.1) is 17.0 Å². The molecule has 2 aromatic rings. The molecule has 28 heavy (non-hydrogen) atoms. The van der Waals surface area contributed by atoms with Gasteiger partial charge in [-0.15, -0.1) is 0 Å². The number of halogens is 3. The number of benzene rings is 1. The fourth-order valence-corrected chi connectivity index (χ4v) is 3.73. The van der Waals surface area contributed by atoms with Crippen molar-refractivity contribution in [2.75, 3.05) is 13.1 Å². The Bertz CT molecular complexity index is 984. The van der Waals surface area contributed by atoms with Crippen LogP contribution in [0.25, 0.3) is 16.5 Å². The van der Waals surface area contributed by atoms with Gasteiger partial charge in [0.25, 0.3) is 5.91 Å². The summed E-state index contributed by atoms with van der Waals surface area (Å²) in [6, 6.07) is 6.68. The SMILES string of the molecule is O=C1NCCN1C(=O)c1cnc2c(C3=CC[C@H](C(F)(F)F)CC3)cccc2c1. The van der Waals surface area contributed by atoms with Crippen LogP contribution >= 0.6 is 0 Å². The summed E-state index contributed by atoms with van der Waals surface area (Å²) in [7, 11) is 0. The highest BCUT2D eigenvalue weighted by molar-refractivity contribution is 6.06. The average molecular weight is 389 g/mol. The summed E-state index contributed by atoms with van der Waals surface area (Å²) in [6.07, 6.45) is -0.745. The van der Waals surface area contributed by atoms with E-state index in [9.17, 15) is 22.8 Å². The first-order valence-electron chi connectivity index (χ1n) is 9.09. The van der Waals surface area contributed by atoms with Gasteiger partial charge in [-0.05, 0) is 30.9 Å². The van der Waals surface area contributed by atoms with Crippen LogP contribution in [0.15, 0.2) is 36.5 Å². The van der Waals surface area contributed by atoms with Crippen molar-refractivity contribution in [3.05, 3.63) is 47.7 Å². The Labute approximate surface area is 159 Å². The maximum atomic E-state index is 12.9. The smallest absolute Gasteiger partial charge is 0.336 e. The number of hydrogen-bond acceptors (Lipinski definition) is 3. The summed E-state index contributed by atoms with van der Waals surface area (Å²) in [5.41, 5.74) is 2.57. The predicted octanol–water partition coefficient (Wildman–Crippen LogP) is 4.15. The summed E-state index contributed by atoms with van der Waals surface area (Å²) in [6.45, 7) is 0.728. The Hall–Kier alpha value is -2.90. The van der Waals surface area contributed by atoms with Crippen molar-refractivity contribution in [2.45, 2.75) is 25.4 Å². The lowest BCUT2D eigenvalue weighted by molar-refractivity contribution is -0.175. The molecular formula is C20H18F3N3O2. The van der Waals surface area contributed by atoms with Gasteiger partial charge in [-0.25, -0.2) is 4.79 Å². The number of amides is 3. The average Bonchev–Trinajstić information content (AvgIpc) is 3.12. The quantitative estimate of drug-likeness (QED) is 0.840. The van der Waals surface area contributed by atoms with Crippen molar-refractivity contribution in [2.24, 2.45) is 5.92 Å². The molecule has 1 fully saturated rings. The number of aromatic nitrogens is 1. The molecule has 1 aliphatic heterocycles. The van der Waals surface area contributed by atoms with Crippen LogP contribution in [0.2, 0.25) is 0 Å². The van der Waals surface area contributed by atoms with E-state index >= 15 is 0 Å². The molecule has 1 aliphatic carbocycles. The van der Waals surface area contributed by atoms with E-state index in [1.165, 1.54) is 6.20 Å². The fourth-order valence-electron chi connectivity index (χ4n) is 3.73. The number of pyridine rings is 1. The number of nitrogens with zero attached hydrogens (tertiary/aromatic N) is 2. The number of nitrogens with one attached hydrogen (secondary N) is 1. The van der Waals surface area contributed by atoms with E-state index in [4.69, 9.17) is 0 Å². The molecule has 0 spiro atoms. The van der Waals surface area contributed by atoms with E-state index in [2.05, 4.69) is 10.3 Å². The Morgan fingerprint density at radius 1 is 1.29 bits per heavy atom. The highest BCUT2D eigenvalue weighted by atomic mass is 19.4. The zero-order valence-electron chi connectivity index (χ0n) is 14.9. The van der Waals surface area contributed by atoms with Crippen LogP contribution < -0.4 is 5.32 Å². The molecule has 1 aromatic heterocycles. The highest BCUT2D eigenvalue weighted by Crippen LogP contribution is 2.40. The Balaban J connectivity index is 1.64. The molecule has 5 nitrogen and oxygen atoms in total. The fraction of sp³-hybridized carbons (Fsp3) is 0.350. The number of imide groups is 1. The molecule has 1 atom stereocenters. The van der Waals surface area contributed by atoms with Crippen molar-refractivity contribution in [3.8, 4) is 0 Å². The number of carbonyl (C=O) groups is 2. The van der Waals surface area contributed by atoms with Crippen LogP contribution in [-0.2, 0) is 0 Å². The standard InChI is InChI=1S/C20H18F3N3O2/c21-20(22,23)15-6-4-12(5-7-15)16-3-1-2-13-10-14(11-25-17(13)16)18(27)26-9-8-24-19(26)28/h1-4,10-11,15H,5-9H2,(H,24,28)/t15-/m0/s1. The maximum absolute atomic E-state index is 12.9. The summed E-state index contributed by atoms with van der Waals surface area (Å²) < 4.78 is 38.7. The predicted molar refractivity (Wildman–Crippen MR) is 97.6 cm³/mol. The summed E-state index contributed by atoms with van der Waals surface area (Å²) >= 11 is 0. The van der Waals surface area contributed by atoms with Crippen molar-refractivity contribution in [1.82, 2.24) is 15.2 Å². The van der Waals surface area contributed by atoms with Crippen LogP contribution in [-0.4, -0.2) is 41.1 Å². The van der Waals surface area contributed by atoms with Gasteiger partial charge in [-0.3, -0.25) is 14.7 Å². The summed E-state index contributed by atoms with van der Waals surface area (Å²) in [5.74, 6) is -1.71. The van der Waals surface area contributed by atoms with Crippen LogP contribution in [0.5, 0.6) is 0 Å². The normalized spacial score (nSPS) is 20.2. The van der Waals surface area contributed by atoms with E-state index in [1.54, 1.807) is 24.3 Å². The third-order valence-corrected chi connectivity index (χ3v) is 5.28. The number of para-hydroxylation sites is 1. The molecule has 0 radical (unpaired) electrons. The van der Waals surface area contributed by atoms with Crippen LogP contribution in [0.1, 0.15) is 35.2 Å². The minimum Gasteiger partial charge on any atom is -0.336 e. The van der Waals surface area contributed by atoms with Crippen molar-refractivity contribution >= 4 is 28.4 Å². The number of carbonyl (C=O) groups excluding carboxylic acids is 2. The Kier molecular flexibility index (Phi) is 4.56. The molecule has 2 heterocycles. The molecule has 2 aliphatic rings. The van der Waals surface area contributed by atoms with Crippen molar-refractivity contribution < 1.29 is 22.8 Å². The Morgan fingerprint density at radius 2 is 2.11 bits per heavy atom. The second-order valence-corrected chi connectivity index (χ2v) is 7.03. The molecule has 4 rings (SSSR count). The first-order valence-corrected chi connectivity index (χ1v) is 9.09. The van der Waals surface area contributed by atoms with E-state index < -0.39 is 24.0 Å². The third-order valence-electron chi connectivity index (χ3n) is 5.28. The van der Waals surface area contributed by atoms with Crippen molar-refractivity contribution in [3.63, 3.8) is 0 Å². The molecule has 1 saturated heterocycles. The number of alkyl halides is 3. The van der Waals surface area contributed by atoms with E-state index in [0.717, 1.165) is 16.0 Å². The van der Waals surface area contributed by atoms with Gasteiger partial charge in [-0.1, -0.05) is 24.3 Å². The van der Waals surface area contributed by atoms with Gasteiger partial charge >= 0.3 is 12.2 Å². The second kappa shape index (κ2) is 6.92. The molecular weight excluding hydrogens is 371 g/mol. The third kappa shape index (κ3) is 3.34. The lowest BCUT2D eigenvalue weighted by Gasteiger charge is -2.24. The minimum absolute atomic E-state index is 0.0319. The lowest BCUT2D eigenvalue weighted by atomic mass is 9.85. The number of fused-ring (bicyclic) bond motifs is 1. The van der Waals surface area contributed by atoms with Gasteiger partial charge in [-0.2, -0.15) is 13.2 Å². The molecule has 8 heteroatoms. The minimum atomic E-state index is -4.17. The van der Waals surface area contributed by atoms with Crippen molar-refractivity contribution in [1.29, 1.82) is 0 Å². The number of hydrogen-bond donors (Lipinski definition) is 1. The zero-order chi connectivity index (χ0) is 19.9. The largest absolute Gasteiger partial charge is 0.392 e.